The Hall–Kier alpha value is -2.58. The van der Waals surface area contributed by atoms with Gasteiger partial charge >= 0.3 is 0 Å². The minimum atomic E-state index is -0.376. The Morgan fingerprint density at radius 2 is 1.88 bits per heavy atom. The van der Waals surface area contributed by atoms with Crippen LogP contribution in [0.15, 0.2) is 46.0 Å². The summed E-state index contributed by atoms with van der Waals surface area (Å²) in [6.07, 6.45) is 3.49. The zero-order valence-electron chi connectivity index (χ0n) is 18.1. The van der Waals surface area contributed by atoms with Crippen LogP contribution in [0.5, 0.6) is 11.5 Å². The van der Waals surface area contributed by atoms with E-state index in [1.54, 1.807) is 30.3 Å². The molecule has 0 saturated heterocycles. The van der Waals surface area contributed by atoms with Gasteiger partial charge in [0.2, 0.25) is 11.8 Å². The van der Waals surface area contributed by atoms with Crippen LogP contribution < -0.4 is 20.2 Å². The highest BCUT2D eigenvalue weighted by Crippen LogP contribution is 2.36. The lowest BCUT2D eigenvalue weighted by Gasteiger charge is -2.14. The van der Waals surface area contributed by atoms with E-state index in [4.69, 9.17) is 21.1 Å². The normalized spacial score (nSPS) is 10.8. The number of unbranched alkanes of at least 4 members (excludes halogenated alkanes) is 1. The number of para-hydroxylation sites is 1. The third kappa shape index (κ3) is 8.51. The fourth-order valence-electron chi connectivity index (χ4n) is 2.62. The molecule has 9 heteroatoms. The summed E-state index contributed by atoms with van der Waals surface area (Å²) in [5.41, 5.74) is 3.66. The second-order valence-electron chi connectivity index (χ2n) is 6.79. The van der Waals surface area contributed by atoms with E-state index in [1.165, 1.54) is 6.21 Å². The van der Waals surface area contributed by atoms with Crippen molar-refractivity contribution in [3.8, 4) is 11.5 Å². The van der Waals surface area contributed by atoms with Crippen LogP contribution in [0.2, 0.25) is 5.02 Å². The van der Waals surface area contributed by atoms with Gasteiger partial charge in [-0.15, -0.1) is 0 Å². The molecular weight excluding hydrogens is 498 g/mol. The predicted octanol–water partition coefficient (Wildman–Crippen LogP) is 5.55. The average molecular weight is 525 g/mol. The Morgan fingerprint density at radius 3 is 2.59 bits per heavy atom. The number of nitrogens with one attached hydrogen (secondary N) is 2. The Kier molecular flexibility index (Phi) is 11.0. The van der Waals surface area contributed by atoms with Crippen LogP contribution in [0, 0.1) is 0 Å². The number of hydrogen-bond donors (Lipinski definition) is 2. The molecule has 0 aliphatic carbocycles. The highest BCUT2D eigenvalue weighted by atomic mass is 79.9. The SMILES string of the molecule is CCCCOc1c(Br)cc(C=NNC(=O)CCC(=O)Nc2ccccc2Cl)cc1OCC. The van der Waals surface area contributed by atoms with E-state index in [2.05, 4.69) is 38.7 Å². The van der Waals surface area contributed by atoms with Crippen LogP contribution in [-0.2, 0) is 9.59 Å². The van der Waals surface area contributed by atoms with Crippen molar-refractivity contribution >= 4 is 51.2 Å². The quantitative estimate of drug-likeness (QED) is 0.216. The highest BCUT2D eigenvalue weighted by Gasteiger charge is 2.12. The molecule has 2 aromatic carbocycles. The fourth-order valence-corrected chi connectivity index (χ4v) is 3.38. The molecule has 0 fully saturated rings. The molecule has 2 aromatic rings. The number of hydrazone groups is 1. The first-order chi connectivity index (χ1) is 15.4. The van der Waals surface area contributed by atoms with Gasteiger partial charge in [0, 0.05) is 12.8 Å². The predicted molar refractivity (Wildman–Crippen MR) is 131 cm³/mol. The summed E-state index contributed by atoms with van der Waals surface area (Å²) in [6, 6.07) is 10.5. The van der Waals surface area contributed by atoms with E-state index < -0.39 is 0 Å². The molecule has 0 atom stereocenters. The van der Waals surface area contributed by atoms with Crippen molar-refractivity contribution in [2.24, 2.45) is 5.10 Å². The number of rotatable bonds is 12. The summed E-state index contributed by atoms with van der Waals surface area (Å²) in [5.74, 6) is 0.563. The van der Waals surface area contributed by atoms with E-state index in [-0.39, 0.29) is 24.7 Å². The second kappa shape index (κ2) is 13.8. The zero-order chi connectivity index (χ0) is 23.3. The Balaban J connectivity index is 1.88. The van der Waals surface area contributed by atoms with E-state index in [1.807, 2.05) is 13.0 Å². The third-order valence-corrected chi connectivity index (χ3v) is 5.12. The number of benzene rings is 2. The Labute approximate surface area is 201 Å². The molecule has 0 aliphatic heterocycles. The van der Waals surface area contributed by atoms with Gasteiger partial charge in [0.1, 0.15) is 0 Å². The van der Waals surface area contributed by atoms with Crippen molar-refractivity contribution in [1.82, 2.24) is 5.43 Å². The van der Waals surface area contributed by atoms with Gasteiger partial charge in [0.25, 0.3) is 0 Å². The van der Waals surface area contributed by atoms with E-state index in [9.17, 15) is 9.59 Å². The van der Waals surface area contributed by atoms with E-state index >= 15 is 0 Å². The molecule has 2 rings (SSSR count). The molecule has 0 unspecified atom stereocenters. The van der Waals surface area contributed by atoms with Crippen LogP contribution in [0.1, 0.15) is 45.1 Å². The maximum absolute atomic E-state index is 12.0. The van der Waals surface area contributed by atoms with Crippen molar-refractivity contribution in [2.45, 2.75) is 39.5 Å². The maximum Gasteiger partial charge on any atom is 0.240 e. The molecule has 2 amide bonds. The molecule has 7 nitrogen and oxygen atoms in total. The van der Waals surface area contributed by atoms with Crippen molar-refractivity contribution < 1.29 is 19.1 Å². The largest absolute Gasteiger partial charge is 0.490 e. The highest BCUT2D eigenvalue weighted by molar-refractivity contribution is 9.10. The van der Waals surface area contributed by atoms with Gasteiger partial charge in [-0.1, -0.05) is 37.1 Å². The molecule has 0 aliphatic rings. The lowest BCUT2D eigenvalue weighted by Crippen LogP contribution is -2.20. The van der Waals surface area contributed by atoms with Crippen LogP contribution in [0.4, 0.5) is 5.69 Å². The molecule has 0 heterocycles. The molecule has 0 spiro atoms. The molecule has 0 aromatic heterocycles. The van der Waals surface area contributed by atoms with Crippen molar-refractivity contribution in [2.75, 3.05) is 18.5 Å². The average Bonchev–Trinajstić information content (AvgIpc) is 2.76. The number of carbonyl (C=O) groups excluding carboxylic acids is 2. The summed E-state index contributed by atoms with van der Waals surface area (Å²) in [7, 11) is 0. The van der Waals surface area contributed by atoms with Crippen molar-refractivity contribution in [1.29, 1.82) is 0 Å². The standard InChI is InChI=1S/C23H27BrClN3O4/c1-3-5-12-32-23-17(24)13-16(14-20(23)31-4-2)15-26-28-22(30)11-10-21(29)27-19-9-7-6-8-18(19)25/h6-9,13-15H,3-5,10-12H2,1-2H3,(H,27,29)(H,28,30). The summed E-state index contributed by atoms with van der Waals surface area (Å²) < 4.78 is 12.3. The van der Waals surface area contributed by atoms with Gasteiger partial charge in [-0.2, -0.15) is 5.10 Å². The lowest BCUT2D eigenvalue weighted by molar-refractivity contribution is -0.124. The molecule has 0 saturated carbocycles. The molecule has 172 valence electrons. The summed E-state index contributed by atoms with van der Waals surface area (Å²) in [6.45, 7) is 5.08. The van der Waals surface area contributed by atoms with Crippen LogP contribution >= 0.6 is 27.5 Å². The summed E-state index contributed by atoms with van der Waals surface area (Å²) in [5, 5.41) is 7.08. The summed E-state index contributed by atoms with van der Waals surface area (Å²) in [4.78, 5) is 24.0. The van der Waals surface area contributed by atoms with Gasteiger partial charge in [-0.05, 0) is 59.1 Å². The number of anilines is 1. The minimum absolute atomic E-state index is 0.00821. The number of halogens is 2. The van der Waals surface area contributed by atoms with Crippen molar-refractivity contribution in [3.63, 3.8) is 0 Å². The van der Waals surface area contributed by atoms with Gasteiger partial charge in [0.15, 0.2) is 11.5 Å². The van der Waals surface area contributed by atoms with Gasteiger partial charge in [-0.25, -0.2) is 5.43 Å². The number of carbonyl (C=O) groups is 2. The van der Waals surface area contributed by atoms with Crippen molar-refractivity contribution in [3.05, 3.63) is 51.5 Å². The number of amides is 2. The lowest BCUT2D eigenvalue weighted by atomic mass is 10.2. The monoisotopic (exact) mass is 523 g/mol. The van der Waals surface area contributed by atoms with Crippen LogP contribution in [0.3, 0.4) is 0 Å². The van der Waals surface area contributed by atoms with Crippen LogP contribution in [0.25, 0.3) is 0 Å². The van der Waals surface area contributed by atoms with Crippen LogP contribution in [-0.4, -0.2) is 31.2 Å². The smallest absolute Gasteiger partial charge is 0.240 e. The molecule has 0 radical (unpaired) electrons. The molecule has 2 N–H and O–H groups in total. The number of hydrogen-bond acceptors (Lipinski definition) is 5. The Morgan fingerprint density at radius 1 is 1.12 bits per heavy atom. The van der Waals surface area contributed by atoms with Gasteiger partial charge in [0.05, 0.1) is 34.6 Å². The van der Waals surface area contributed by atoms with E-state index in [0.29, 0.717) is 35.4 Å². The second-order valence-corrected chi connectivity index (χ2v) is 8.05. The number of ether oxygens (including phenoxy) is 2. The summed E-state index contributed by atoms with van der Waals surface area (Å²) >= 11 is 9.51. The first kappa shape index (κ1) is 25.7. The zero-order valence-corrected chi connectivity index (χ0v) is 20.5. The topological polar surface area (TPSA) is 89.0 Å². The molecule has 0 bridgehead atoms. The number of nitrogens with zero attached hydrogens (tertiary/aromatic N) is 1. The first-order valence-corrected chi connectivity index (χ1v) is 11.6. The van der Waals surface area contributed by atoms with Gasteiger partial charge < -0.3 is 14.8 Å². The maximum atomic E-state index is 12.0. The minimum Gasteiger partial charge on any atom is -0.490 e. The third-order valence-electron chi connectivity index (χ3n) is 4.21. The molecular formula is C23H27BrClN3O4. The molecule has 32 heavy (non-hydrogen) atoms. The first-order valence-electron chi connectivity index (χ1n) is 10.4. The fraction of sp³-hybridized carbons (Fsp3) is 0.348. The Bertz CT molecular complexity index is 953. The van der Waals surface area contributed by atoms with Gasteiger partial charge in [-0.3, -0.25) is 9.59 Å². The van der Waals surface area contributed by atoms with E-state index in [0.717, 1.165) is 22.9 Å².